The average molecular weight is 457 g/mol. The van der Waals surface area contributed by atoms with E-state index in [4.69, 9.17) is 10.5 Å². The number of rotatable bonds is 5. The van der Waals surface area contributed by atoms with Crippen LogP contribution in [0.1, 0.15) is 36.0 Å². The Balaban J connectivity index is 0.00000261. The molecule has 0 aromatic heterocycles. The van der Waals surface area contributed by atoms with Crippen molar-refractivity contribution in [2.24, 2.45) is 0 Å². The second-order valence-corrected chi connectivity index (χ2v) is 7.73. The number of ether oxygens (including phenoxy) is 1. The van der Waals surface area contributed by atoms with Gasteiger partial charge in [0.1, 0.15) is 5.75 Å². The summed E-state index contributed by atoms with van der Waals surface area (Å²) in [5, 5.41) is 3.15. The van der Waals surface area contributed by atoms with Crippen LogP contribution in [0.3, 0.4) is 0 Å². The number of hydrogen-bond donors (Lipinski definition) is 2. The Labute approximate surface area is 175 Å². The van der Waals surface area contributed by atoms with Gasteiger partial charge >= 0.3 is 0 Å². The smallest absolute Gasteiger partial charge is 0.255 e. The van der Waals surface area contributed by atoms with Gasteiger partial charge in [-0.25, -0.2) is 0 Å². The van der Waals surface area contributed by atoms with E-state index in [1.54, 1.807) is 19.2 Å². The molecule has 0 unspecified atom stereocenters. The molecular formula is C20H27BrClN3O2. The van der Waals surface area contributed by atoms with Crippen molar-refractivity contribution in [3.63, 3.8) is 0 Å². The van der Waals surface area contributed by atoms with Crippen molar-refractivity contribution < 1.29 is 9.53 Å². The van der Waals surface area contributed by atoms with Crippen molar-refractivity contribution in [1.29, 1.82) is 0 Å². The molecule has 0 bridgehead atoms. The first kappa shape index (κ1) is 21.8. The molecule has 0 atom stereocenters. The first-order valence-electron chi connectivity index (χ1n) is 9.06. The van der Waals surface area contributed by atoms with Gasteiger partial charge in [-0.05, 0) is 47.7 Å². The van der Waals surface area contributed by atoms with Gasteiger partial charge in [0, 0.05) is 41.9 Å². The summed E-state index contributed by atoms with van der Waals surface area (Å²) in [6.45, 7) is 3.06. The summed E-state index contributed by atoms with van der Waals surface area (Å²) in [4.78, 5) is 15.2. The molecule has 7 heteroatoms. The standard InChI is InChI=1S/C20H26BrN3O2.ClH/c1-26-19-12-18(22)17(21)11-16(19)20(25)23-15-7-9-24(10-8-15)13-14-5-3-2-4-6-14;/h2-3,6,11-12,15H,4-5,7-10,13,22H2,1H3,(H,23,25);1H. The molecule has 148 valence electrons. The Hall–Kier alpha value is -1.50. The maximum Gasteiger partial charge on any atom is 0.255 e. The normalized spacial score (nSPS) is 17.8. The lowest BCUT2D eigenvalue weighted by Gasteiger charge is -2.33. The monoisotopic (exact) mass is 455 g/mol. The minimum atomic E-state index is -0.110. The number of benzene rings is 1. The van der Waals surface area contributed by atoms with E-state index in [2.05, 4.69) is 44.4 Å². The topological polar surface area (TPSA) is 67.6 Å². The molecule has 1 fully saturated rings. The van der Waals surface area contributed by atoms with E-state index in [0.717, 1.165) is 45.3 Å². The zero-order chi connectivity index (χ0) is 18.5. The number of nitrogen functional groups attached to an aromatic ring is 1. The van der Waals surface area contributed by atoms with Gasteiger partial charge in [-0.3, -0.25) is 9.69 Å². The summed E-state index contributed by atoms with van der Waals surface area (Å²) in [5.74, 6) is 0.388. The van der Waals surface area contributed by atoms with Gasteiger partial charge in [-0.15, -0.1) is 12.4 Å². The maximum absolute atomic E-state index is 12.7. The SMILES string of the molecule is COc1cc(N)c(Br)cc1C(=O)NC1CCN(CC2=CCC=CC2)CC1.Cl. The van der Waals surface area contributed by atoms with Crippen LogP contribution in [0, 0.1) is 0 Å². The van der Waals surface area contributed by atoms with Crippen LogP contribution in [0.15, 0.2) is 40.4 Å². The molecule has 27 heavy (non-hydrogen) atoms. The average Bonchev–Trinajstić information content (AvgIpc) is 2.66. The second kappa shape index (κ2) is 10.2. The maximum atomic E-state index is 12.7. The number of hydrogen-bond acceptors (Lipinski definition) is 4. The molecule has 3 rings (SSSR count). The van der Waals surface area contributed by atoms with Crippen LogP contribution in [0.2, 0.25) is 0 Å². The van der Waals surface area contributed by atoms with Crippen LogP contribution in [-0.4, -0.2) is 43.6 Å². The fraction of sp³-hybridized carbons (Fsp3) is 0.450. The molecule has 5 nitrogen and oxygen atoms in total. The Kier molecular flexibility index (Phi) is 8.20. The summed E-state index contributed by atoms with van der Waals surface area (Å²) in [5.41, 5.74) is 8.44. The molecular weight excluding hydrogens is 430 g/mol. The quantitative estimate of drug-likeness (QED) is 0.520. The number of nitrogens with zero attached hydrogens (tertiary/aromatic N) is 1. The summed E-state index contributed by atoms with van der Waals surface area (Å²) >= 11 is 3.38. The number of likely N-dealkylation sites (tertiary alicyclic amines) is 1. The lowest BCUT2D eigenvalue weighted by molar-refractivity contribution is 0.0910. The molecule has 1 aromatic rings. The molecule has 1 aliphatic heterocycles. The fourth-order valence-corrected chi connectivity index (χ4v) is 3.82. The van der Waals surface area contributed by atoms with Gasteiger partial charge in [0.25, 0.3) is 5.91 Å². The van der Waals surface area contributed by atoms with Gasteiger partial charge in [-0.1, -0.05) is 23.8 Å². The second-order valence-electron chi connectivity index (χ2n) is 6.87. The van der Waals surface area contributed by atoms with Crippen molar-refractivity contribution in [2.45, 2.75) is 31.7 Å². The largest absolute Gasteiger partial charge is 0.496 e. The van der Waals surface area contributed by atoms with Crippen LogP contribution in [-0.2, 0) is 0 Å². The van der Waals surface area contributed by atoms with E-state index in [0.29, 0.717) is 21.5 Å². The molecule has 0 saturated carbocycles. The minimum Gasteiger partial charge on any atom is -0.496 e. The van der Waals surface area contributed by atoms with Crippen molar-refractivity contribution in [3.05, 3.63) is 46.0 Å². The van der Waals surface area contributed by atoms with Crippen molar-refractivity contribution in [2.75, 3.05) is 32.5 Å². The Bertz CT molecular complexity index is 728. The van der Waals surface area contributed by atoms with E-state index in [1.165, 1.54) is 5.57 Å². The van der Waals surface area contributed by atoms with Crippen LogP contribution >= 0.6 is 28.3 Å². The van der Waals surface area contributed by atoms with Crippen molar-refractivity contribution in [1.82, 2.24) is 10.2 Å². The third-order valence-corrected chi connectivity index (χ3v) is 5.69. The van der Waals surface area contributed by atoms with Crippen molar-refractivity contribution >= 4 is 39.9 Å². The highest BCUT2D eigenvalue weighted by molar-refractivity contribution is 9.10. The molecule has 0 spiro atoms. The molecule has 1 aliphatic carbocycles. The summed E-state index contributed by atoms with van der Waals surface area (Å²) in [6, 6.07) is 3.59. The molecule has 3 N–H and O–H groups in total. The van der Waals surface area contributed by atoms with Gasteiger partial charge in [0.05, 0.1) is 12.7 Å². The predicted molar refractivity (Wildman–Crippen MR) is 116 cm³/mol. The summed E-state index contributed by atoms with van der Waals surface area (Å²) in [6.07, 6.45) is 10.9. The van der Waals surface area contributed by atoms with E-state index < -0.39 is 0 Å². The number of carbonyl (C=O) groups excluding carboxylic acids is 1. The number of allylic oxidation sites excluding steroid dienone is 3. The number of methoxy groups -OCH3 is 1. The van der Waals surface area contributed by atoms with Crippen molar-refractivity contribution in [3.8, 4) is 5.75 Å². The Morgan fingerprint density at radius 3 is 2.70 bits per heavy atom. The highest BCUT2D eigenvalue weighted by Gasteiger charge is 2.23. The van der Waals surface area contributed by atoms with Gasteiger partial charge in [0.2, 0.25) is 0 Å². The number of nitrogens with two attached hydrogens (primary N) is 1. The molecule has 0 radical (unpaired) electrons. The molecule has 1 amide bonds. The zero-order valence-corrected chi connectivity index (χ0v) is 17.9. The van der Waals surface area contributed by atoms with Crippen LogP contribution in [0.5, 0.6) is 5.75 Å². The number of halogens is 2. The number of piperidine rings is 1. The molecule has 2 aliphatic rings. The van der Waals surface area contributed by atoms with Gasteiger partial charge in [-0.2, -0.15) is 0 Å². The summed E-state index contributed by atoms with van der Waals surface area (Å²) in [7, 11) is 1.55. The lowest BCUT2D eigenvalue weighted by Crippen LogP contribution is -2.45. The van der Waals surface area contributed by atoms with E-state index >= 15 is 0 Å². The number of carbonyl (C=O) groups is 1. The van der Waals surface area contributed by atoms with Crippen LogP contribution in [0.25, 0.3) is 0 Å². The van der Waals surface area contributed by atoms with E-state index in [9.17, 15) is 4.79 Å². The lowest BCUT2D eigenvalue weighted by atomic mass is 10.0. The van der Waals surface area contributed by atoms with Crippen LogP contribution in [0.4, 0.5) is 5.69 Å². The fourth-order valence-electron chi connectivity index (χ4n) is 3.48. The van der Waals surface area contributed by atoms with E-state index in [1.807, 2.05) is 0 Å². The molecule has 1 aromatic carbocycles. The highest BCUT2D eigenvalue weighted by atomic mass is 79.9. The molecule has 1 saturated heterocycles. The third-order valence-electron chi connectivity index (χ3n) is 5.00. The minimum absolute atomic E-state index is 0. The Morgan fingerprint density at radius 1 is 1.33 bits per heavy atom. The van der Waals surface area contributed by atoms with E-state index in [-0.39, 0.29) is 24.4 Å². The Morgan fingerprint density at radius 2 is 2.07 bits per heavy atom. The third kappa shape index (κ3) is 5.74. The molecule has 1 heterocycles. The highest BCUT2D eigenvalue weighted by Crippen LogP contribution is 2.29. The summed E-state index contributed by atoms with van der Waals surface area (Å²) < 4.78 is 6.01. The number of nitrogens with one attached hydrogen (secondary N) is 1. The number of anilines is 1. The zero-order valence-electron chi connectivity index (χ0n) is 15.5. The predicted octanol–water partition coefficient (Wildman–Crippen LogP) is 3.93. The van der Waals surface area contributed by atoms with Gasteiger partial charge in [0.15, 0.2) is 0 Å². The first-order valence-corrected chi connectivity index (χ1v) is 9.85. The first-order chi connectivity index (χ1) is 12.6. The number of amides is 1. The van der Waals surface area contributed by atoms with Crippen LogP contribution < -0.4 is 15.8 Å². The van der Waals surface area contributed by atoms with Gasteiger partial charge < -0.3 is 15.8 Å².